The molecule has 0 unspecified atom stereocenters. The summed E-state index contributed by atoms with van der Waals surface area (Å²) in [6.45, 7) is 0. The normalized spacial score (nSPS) is 11.5. The Balaban J connectivity index is 1.71. The van der Waals surface area contributed by atoms with Crippen LogP contribution < -0.4 is 0 Å². The monoisotopic (exact) mass is 339 g/mol. The number of pyridine rings is 1. The number of nitrogens with zero attached hydrogens (tertiary/aromatic N) is 5. The van der Waals surface area contributed by atoms with E-state index in [2.05, 4.69) is 20.3 Å². The van der Waals surface area contributed by atoms with Crippen molar-refractivity contribution in [2.75, 3.05) is 0 Å². The molecular weight excluding hydrogens is 330 g/mol. The van der Waals surface area contributed by atoms with E-state index < -0.39 is 0 Å². The van der Waals surface area contributed by atoms with Crippen LogP contribution in [0.4, 0.5) is 0 Å². The van der Waals surface area contributed by atoms with Gasteiger partial charge in [0, 0.05) is 11.2 Å². The molecule has 3 aromatic heterocycles. The second-order valence-corrected chi connectivity index (χ2v) is 6.12. The molecule has 5 nitrogen and oxygen atoms in total. The van der Waals surface area contributed by atoms with Crippen LogP contribution in [0, 0.1) is 0 Å². The number of hydrogen-bond acceptors (Lipinski definition) is 5. The molecule has 4 rings (SSSR count). The van der Waals surface area contributed by atoms with Crippen LogP contribution in [0.5, 0.6) is 0 Å². The van der Waals surface area contributed by atoms with Crippen LogP contribution >= 0.6 is 22.9 Å². The van der Waals surface area contributed by atoms with Crippen molar-refractivity contribution < 1.29 is 0 Å². The topological polar surface area (TPSA) is 56.0 Å². The van der Waals surface area contributed by atoms with E-state index >= 15 is 0 Å². The van der Waals surface area contributed by atoms with E-state index in [9.17, 15) is 0 Å². The van der Waals surface area contributed by atoms with Crippen molar-refractivity contribution >= 4 is 40.1 Å². The fourth-order valence-electron chi connectivity index (χ4n) is 2.13. The van der Waals surface area contributed by atoms with Crippen LogP contribution in [0.25, 0.3) is 28.6 Å². The molecule has 0 radical (unpaired) electrons. The van der Waals surface area contributed by atoms with Gasteiger partial charge in [-0.25, -0.2) is 0 Å². The Labute approximate surface area is 140 Å². The summed E-state index contributed by atoms with van der Waals surface area (Å²) in [4.78, 5) is 5.02. The van der Waals surface area contributed by atoms with Gasteiger partial charge in [0.1, 0.15) is 10.7 Å². The molecule has 0 bridgehead atoms. The molecule has 1 aromatic carbocycles. The number of halogens is 1. The predicted molar refractivity (Wildman–Crippen MR) is 92.3 cm³/mol. The molecular formula is C16H10ClN5S. The van der Waals surface area contributed by atoms with Gasteiger partial charge in [-0.3, -0.25) is 4.98 Å². The van der Waals surface area contributed by atoms with Gasteiger partial charge in [-0.05, 0) is 29.8 Å². The minimum atomic E-state index is 0.634. The summed E-state index contributed by atoms with van der Waals surface area (Å²) >= 11 is 7.61. The lowest BCUT2D eigenvalue weighted by molar-refractivity contribution is 0.951. The van der Waals surface area contributed by atoms with Gasteiger partial charge in [0.05, 0.1) is 0 Å². The first-order valence-electron chi connectivity index (χ1n) is 6.87. The Kier molecular flexibility index (Phi) is 3.61. The molecule has 112 valence electrons. The van der Waals surface area contributed by atoms with Gasteiger partial charge < -0.3 is 0 Å². The SMILES string of the molecule is Clc1ccccc1C=Cc1nn2c(-c3ccccn3)nnc2s1. The van der Waals surface area contributed by atoms with Gasteiger partial charge in [-0.2, -0.15) is 9.61 Å². The van der Waals surface area contributed by atoms with Crippen LogP contribution in [0.3, 0.4) is 0 Å². The summed E-state index contributed by atoms with van der Waals surface area (Å²) in [5.74, 6) is 0.634. The Hall–Kier alpha value is -2.57. The minimum absolute atomic E-state index is 0.634. The summed E-state index contributed by atoms with van der Waals surface area (Å²) in [5, 5.41) is 14.4. The van der Waals surface area contributed by atoms with Crippen molar-refractivity contribution in [2.24, 2.45) is 0 Å². The third-order valence-corrected chi connectivity index (χ3v) is 4.42. The Morgan fingerprint density at radius 1 is 1.00 bits per heavy atom. The lowest BCUT2D eigenvalue weighted by atomic mass is 10.2. The van der Waals surface area contributed by atoms with Gasteiger partial charge in [0.2, 0.25) is 10.8 Å². The van der Waals surface area contributed by atoms with Gasteiger partial charge >= 0.3 is 0 Å². The van der Waals surface area contributed by atoms with E-state index in [-0.39, 0.29) is 0 Å². The third kappa shape index (κ3) is 2.74. The molecule has 23 heavy (non-hydrogen) atoms. The Morgan fingerprint density at radius 3 is 2.70 bits per heavy atom. The van der Waals surface area contributed by atoms with Crippen molar-refractivity contribution in [3.63, 3.8) is 0 Å². The molecule has 0 aliphatic rings. The lowest BCUT2D eigenvalue weighted by Gasteiger charge is -1.95. The van der Waals surface area contributed by atoms with Gasteiger partial charge in [0.15, 0.2) is 0 Å². The van der Waals surface area contributed by atoms with Crippen molar-refractivity contribution in [2.45, 2.75) is 0 Å². The zero-order valence-electron chi connectivity index (χ0n) is 11.8. The summed E-state index contributed by atoms with van der Waals surface area (Å²) in [6, 6.07) is 13.3. The standard InChI is InChI=1S/C16H10ClN5S/c17-12-6-2-1-5-11(12)8-9-14-21-22-15(19-20-16(22)23-14)13-7-3-4-10-18-13/h1-10H. The predicted octanol–water partition coefficient (Wildman–Crippen LogP) is 4.07. The smallest absolute Gasteiger partial charge is 0.235 e. The van der Waals surface area contributed by atoms with Crippen molar-refractivity contribution in [1.82, 2.24) is 24.8 Å². The molecule has 0 atom stereocenters. The minimum Gasteiger partial charge on any atom is -0.253 e. The Morgan fingerprint density at radius 2 is 1.87 bits per heavy atom. The van der Waals surface area contributed by atoms with E-state index in [1.165, 1.54) is 11.3 Å². The van der Waals surface area contributed by atoms with Gasteiger partial charge in [-0.15, -0.1) is 10.2 Å². The molecule has 0 fully saturated rings. The molecule has 0 aliphatic heterocycles. The summed E-state index contributed by atoms with van der Waals surface area (Å²) < 4.78 is 1.71. The largest absolute Gasteiger partial charge is 0.253 e. The number of benzene rings is 1. The van der Waals surface area contributed by atoms with Crippen LogP contribution in [0.2, 0.25) is 5.02 Å². The van der Waals surface area contributed by atoms with E-state index in [1.54, 1.807) is 10.7 Å². The molecule has 3 heterocycles. The highest BCUT2D eigenvalue weighted by Gasteiger charge is 2.12. The Bertz CT molecular complexity index is 990. The number of fused-ring (bicyclic) bond motifs is 1. The molecule has 0 amide bonds. The maximum Gasteiger partial charge on any atom is 0.235 e. The highest BCUT2D eigenvalue weighted by Crippen LogP contribution is 2.22. The number of aromatic nitrogens is 5. The first-order valence-corrected chi connectivity index (χ1v) is 8.07. The second-order valence-electron chi connectivity index (χ2n) is 4.73. The average Bonchev–Trinajstić information content (AvgIpc) is 3.15. The van der Waals surface area contributed by atoms with Crippen molar-refractivity contribution in [3.05, 3.63) is 64.3 Å². The molecule has 7 heteroatoms. The maximum atomic E-state index is 6.15. The van der Waals surface area contributed by atoms with E-state index in [0.717, 1.165) is 21.2 Å². The highest BCUT2D eigenvalue weighted by molar-refractivity contribution is 7.17. The molecule has 4 aromatic rings. The maximum absolute atomic E-state index is 6.15. The van der Waals surface area contributed by atoms with Gasteiger partial charge in [0.25, 0.3) is 0 Å². The van der Waals surface area contributed by atoms with Crippen LogP contribution in [0.1, 0.15) is 10.6 Å². The second kappa shape index (κ2) is 5.91. The molecule has 0 saturated carbocycles. The third-order valence-electron chi connectivity index (χ3n) is 3.21. The first-order chi connectivity index (χ1) is 11.3. The number of hydrogen-bond donors (Lipinski definition) is 0. The molecule has 0 spiro atoms. The van der Waals surface area contributed by atoms with E-state index in [0.29, 0.717) is 10.8 Å². The quantitative estimate of drug-likeness (QED) is 0.564. The zero-order valence-corrected chi connectivity index (χ0v) is 13.4. The number of rotatable bonds is 3. The molecule has 0 aliphatic carbocycles. The fourth-order valence-corrected chi connectivity index (χ4v) is 3.06. The first kappa shape index (κ1) is 14.0. The van der Waals surface area contributed by atoms with Crippen molar-refractivity contribution in [3.8, 4) is 11.5 Å². The van der Waals surface area contributed by atoms with E-state index in [1.807, 2.05) is 54.6 Å². The van der Waals surface area contributed by atoms with E-state index in [4.69, 9.17) is 11.6 Å². The lowest BCUT2D eigenvalue weighted by Crippen LogP contribution is -1.92. The average molecular weight is 340 g/mol. The van der Waals surface area contributed by atoms with Crippen LogP contribution in [-0.2, 0) is 0 Å². The van der Waals surface area contributed by atoms with Gasteiger partial charge in [-0.1, -0.05) is 53.3 Å². The zero-order chi connectivity index (χ0) is 15.6. The molecule has 0 saturated heterocycles. The summed E-state index contributed by atoms with van der Waals surface area (Å²) in [5.41, 5.74) is 1.69. The van der Waals surface area contributed by atoms with Crippen LogP contribution in [0.15, 0.2) is 48.7 Å². The van der Waals surface area contributed by atoms with Crippen molar-refractivity contribution in [1.29, 1.82) is 0 Å². The summed E-state index contributed by atoms with van der Waals surface area (Å²) in [7, 11) is 0. The fraction of sp³-hybridized carbons (Fsp3) is 0. The molecule has 0 N–H and O–H groups in total. The summed E-state index contributed by atoms with van der Waals surface area (Å²) in [6.07, 6.45) is 5.58. The van der Waals surface area contributed by atoms with Crippen LogP contribution in [-0.4, -0.2) is 24.8 Å². The highest BCUT2D eigenvalue weighted by atomic mass is 35.5.